The van der Waals surface area contributed by atoms with Crippen LogP contribution in [0.5, 0.6) is 0 Å². The highest BCUT2D eigenvalue weighted by molar-refractivity contribution is 5.80. The molecule has 0 amide bonds. The molecule has 0 saturated heterocycles. The molecule has 0 spiro atoms. The van der Waals surface area contributed by atoms with Crippen LogP contribution in [0, 0.1) is 0 Å². The minimum Gasteiger partial charge on any atom is -0.481 e. The van der Waals surface area contributed by atoms with Crippen molar-refractivity contribution < 1.29 is 24.5 Å². The zero-order chi connectivity index (χ0) is 17.5. The van der Waals surface area contributed by atoms with E-state index in [1.54, 1.807) is 0 Å². The van der Waals surface area contributed by atoms with Crippen LogP contribution in [0.15, 0.2) is 30.3 Å². The second-order valence-electron chi connectivity index (χ2n) is 5.82. The maximum absolute atomic E-state index is 12.0. The lowest BCUT2D eigenvalue weighted by molar-refractivity contribution is -0.144. The van der Waals surface area contributed by atoms with Crippen LogP contribution in [0.4, 0.5) is 0 Å². The maximum Gasteiger partial charge on any atom is 0.323 e. The monoisotopic (exact) mass is 333 g/mol. The molecule has 1 aromatic carbocycles. The Balaban J connectivity index is 2.08. The van der Waals surface area contributed by atoms with E-state index in [0.29, 0.717) is 6.42 Å². The number of benzene rings is 1. The van der Waals surface area contributed by atoms with Crippen molar-refractivity contribution in [2.45, 2.75) is 44.4 Å². The minimum atomic E-state index is -1.08. The van der Waals surface area contributed by atoms with Crippen LogP contribution in [-0.2, 0) is 20.7 Å². The Morgan fingerprint density at radius 2 is 2.08 bits per heavy atom. The summed E-state index contributed by atoms with van der Waals surface area (Å²) in [5.41, 5.74) is 3.38. The predicted octanol–water partition coefficient (Wildman–Crippen LogP) is 1.72. The molecule has 1 aliphatic carbocycles. The van der Waals surface area contributed by atoms with Gasteiger partial charge in [0.2, 0.25) is 0 Å². The molecule has 6 heteroatoms. The first-order valence-electron chi connectivity index (χ1n) is 8.02. The van der Waals surface area contributed by atoms with Gasteiger partial charge >= 0.3 is 11.9 Å². The quantitative estimate of drug-likeness (QED) is 0.495. The number of hydrogen-bond donors (Lipinski definition) is 3. The minimum absolute atomic E-state index is 0.0263. The number of aryl methyl sites for hydroxylation is 1. The number of aliphatic carboxylic acids is 1. The summed E-state index contributed by atoms with van der Waals surface area (Å²) in [4.78, 5) is 22.6. The van der Waals surface area contributed by atoms with Crippen LogP contribution in [0.25, 0.3) is 5.57 Å². The van der Waals surface area contributed by atoms with Crippen LogP contribution in [0.1, 0.15) is 36.8 Å². The Kier molecular flexibility index (Phi) is 6.52. The molecule has 0 aromatic heterocycles. The fourth-order valence-corrected chi connectivity index (χ4v) is 2.90. The van der Waals surface area contributed by atoms with Gasteiger partial charge in [-0.25, -0.2) is 0 Å². The second kappa shape index (κ2) is 8.61. The summed E-state index contributed by atoms with van der Waals surface area (Å²) in [6.07, 6.45) is 3.13. The molecule has 24 heavy (non-hydrogen) atoms. The third kappa shape index (κ3) is 4.91. The molecule has 0 heterocycles. The summed E-state index contributed by atoms with van der Waals surface area (Å²) >= 11 is 0. The SMILES string of the molecule is COC(=O)C(CC1=CCCc2ccccc21)NC(O)CCC(=O)O. The molecule has 2 atom stereocenters. The molecule has 6 nitrogen and oxygen atoms in total. The fourth-order valence-electron chi connectivity index (χ4n) is 2.90. The van der Waals surface area contributed by atoms with Gasteiger partial charge in [0.15, 0.2) is 0 Å². The Morgan fingerprint density at radius 3 is 2.79 bits per heavy atom. The molecular weight excluding hydrogens is 310 g/mol. The summed E-state index contributed by atoms with van der Waals surface area (Å²) < 4.78 is 4.81. The highest BCUT2D eigenvalue weighted by Crippen LogP contribution is 2.29. The van der Waals surface area contributed by atoms with Gasteiger partial charge in [-0.2, -0.15) is 0 Å². The van der Waals surface area contributed by atoms with E-state index < -0.39 is 24.2 Å². The van der Waals surface area contributed by atoms with E-state index in [4.69, 9.17) is 9.84 Å². The molecule has 0 bridgehead atoms. The van der Waals surface area contributed by atoms with Gasteiger partial charge in [0, 0.05) is 6.42 Å². The Bertz CT molecular complexity index is 626. The van der Waals surface area contributed by atoms with Crippen molar-refractivity contribution in [3.05, 3.63) is 41.5 Å². The number of nitrogens with one attached hydrogen (secondary N) is 1. The number of esters is 1. The fraction of sp³-hybridized carbons (Fsp3) is 0.444. The number of ether oxygens (including phenoxy) is 1. The van der Waals surface area contributed by atoms with Gasteiger partial charge < -0.3 is 14.9 Å². The number of carboxylic acid groups (broad SMARTS) is 1. The van der Waals surface area contributed by atoms with Crippen molar-refractivity contribution >= 4 is 17.5 Å². The normalized spacial score (nSPS) is 15.8. The van der Waals surface area contributed by atoms with E-state index in [1.165, 1.54) is 12.7 Å². The topological polar surface area (TPSA) is 95.9 Å². The van der Waals surface area contributed by atoms with Crippen LogP contribution in [0.2, 0.25) is 0 Å². The lowest BCUT2D eigenvalue weighted by atomic mass is 9.87. The Labute approximate surface area is 141 Å². The van der Waals surface area contributed by atoms with Crippen molar-refractivity contribution in [2.75, 3.05) is 7.11 Å². The van der Waals surface area contributed by atoms with Crippen LogP contribution >= 0.6 is 0 Å². The molecule has 0 aliphatic heterocycles. The van der Waals surface area contributed by atoms with Gasteiger partial charge in [0.1, 0.15) is 12.3 Å². The molecule has 1 aromatic rings. The summed E-state index contributed by atoms with van der Waals surface area (Å²) in [5, 5.41) is 21.4. The van der Waals surface area contributed by atoms with Crippen LogP contribution < -0.4 is 5.32 Å². The zero-order valence-electron chi connectivity index (χ0n) is 13.7. The summed E-state index contributed by atoms with van der Waals surface area (Å²) in [6, 6.07) is 7.32. The average molecular weight is 333 g/mol. The average Bonchev–Trinajstić information content (AvgIpc) is 2.59. The number of methoxy groups -OCH3 is 1. The smallest absolute Gasteiger partial charge is 0.323 e. The van der Waals surface area contributed by atoms with Crippen LogP contribution in [-0.4, -0.2) is 41.5 Å². The summed E-state index contributed by atoms with van der Waals surface area (Å²) in [7, 11) is 1.30. The number of fused-ring (bicyclic) bond motifs is 1. The molecule has 0 saturated carbocycles. The number of aliphatic hydroxyl groups excluding tert-OH is 1. The molecular formula is C18H23NO5. The number of aliphatic hydroxyl groups is 1. The first-order chi connectivity index (χ1) is 11.5. The van der Waals surface area contributed by atoms with Gasteiger partial charge in [-0.3, -0.25) is 14.9 Å². The van der Waals surface area contributed by atoms with E-state index in [2.05, 4.69) is 17.5 Å². The second-order valence-corrected chi connectivity index (χ2v) is 5.82. The summed E-state index contributed by atoms with van der Waals surface area (Å²) in [5.74, 6) is -1.47. The molecule has 2 rings (SSSR count). The predicted molar refractivity (Wildman–Crippen MR) is 89.2 cm³/mol. The van der Waals surface area contributed by atoms with E-state index >= 15 is 0 Å². The summed E-state index contributed by atoms with van der Waals surface area (Å²) in [6.45, 7) is 0. The number of carbonyl (C=O) groups is 2. The van der Waals surface area contributed by atoms with Crippen molar-refractivity contribution in [1.82, 2.24) is 5.32 Å². The highest BCUT2D eigenvalue weighted by Gasteiger charge is 2.25. The van der Waals surface area contributed by atoms with Crippen molar-refractivity contribution in [3.63, 3.8) is 0 Å². The first-order valence-corrected chi connectivity index (χ1v) is 8.02. The Morgan fingerprint density at radius 1 is 1.33 bits per heavy atom. The third-order valence-electron chi connectivity index (χ3n) is 4.10. The third-order valence-corrected chi connectivity index (χ3v) is 4.10. The highest BCUT2D eigenvalue weighted by atomic mass is 16.5. The Hall–Kier alpha value is -2.18. The maximum atomic E-state index is 12.0. The number of hydrogen-bond acceptors (Lipinski definition) is 5. The number of rotatable bonds is 8. The van der Waals surface area contributed by atoms with Crippen molar-refractivity contribution in [2.24, 2.45) is 0 Å². The first kappa shape index (κ1) is 18.2. The lowest BCUT2D eigenvalue weighted by Gasteiger charge is -2.24. The molecule has 0 fully saturated rings. The molecule has 2 unspecified atom stereocenters. The number of carbonyl (C=O) groups excluding carboxylic acids is 1. The van der Waals surface area contributed by atoms with Gasteiger partial charge in [0.05, 0.1) is 7.11 Å². The number of allylic oxidation sites excluding steroid dienone is 1. The van der Waals surface area contributed by atoms with Gasteiger partial charge in [-0.1, -0.05) is 30.3 Å². The van der Waals surface area contributed by atoms with Gasteiger partial charge in [0.25, 0.3) is 0 Å². The van der Waals surface area contributed by atoms with Gasteiger partial charge in [-0.05, 0) is 42.4 Å². The molecule has 0 radical (unpaired) electrons. The van der Waals surface area contributed by atoms with E-state index in [0.717, 1.165) is 24.0 Å². The number of carboxylic acids is 1. The van der Waals surface area contributed by atoms with Crippen LogP contribution in [0.3, 0.4) is 0 Å². The molecule has 3 N–H and O–H groups in total. The van der Waals surface area contributed by atoms with Crippen molar-refractivity contribution in [1.29, 1.82) is 0 Å². The van der Waals surface area contributed by atoms with Gasteiger partial charge in [-0.15, -0.1) is 0 Å². The zero-order valence-corrected chi connectivity index (χ0v) is 13.7. The lowest BCUT2D eigenvalue weighted by Crippen LogP contribution is -2.44. The van der Waals surface area contributed by atoms with E-state index in [1.807, 2.05) is 18.2 Å². The molecule has 130 valence electrons. The van der Waals surface area contributed by atoms with E-state index in [-0.39, 0.29) is 12.8 Å². The largest absolute Gasteiger partial charge is 0.481 e. The van der Waals surface area contributed by atoms with Crippen molar-refractivity contribution in [3.8, 4) is 0 Å². The molecule has 1 aliphatic rings. The standard InChI is InChI=1S/C18H23NO5/c1-24-18(23)15(19-16(20)9-10-17(21)22)11-13-7-4-6-12-5-2-3-8-14(12)13/h2-3,5,7-8,15-16,19-20H,4,6,9-11H2,1H3,(H,21,22). The van der Waals surface area contributed by atoms with E-state index in [9.17, 15) is 14.7 Å².